The van der Waals surface area contributed by atoms with E-state index in [4.69, 9.17) is 9.90 Å². The van der Waals surface area contributed by atoms with Crippen LogP contribution in [0.2, 0.25) is 0 Å². The molecule has 0 N–H and O–H groups in total. The van der Waals surface area contributed by atoms with Crippen LogP contribution in [0.3, 0.4) is 0 Å². The van der Waals surface area contributed by atoms with E-state index in [2.05, 4.69) is 30.2 Å². The molecular weight excluding hydrogens is 256 g/mol. The first-order chi connectivity index (χ1) is 7.10. The molecule has 0 aliphatic rings. The van der Waals surface area contributed by atoms with Crippen LogP contribution in [-0.2, 0) is 30.3 Å². The molecule has 98 valence electrons. The highest BCUT2D eigenvalue weighted by atomic mass is 32.3. The molecule has 8 heteroatoms. The topological polar surface area (TPSA) is 107 Å². The number of carboxylic acids is 1. The smallest absolute Gasteiger partial charge is 0.217 e. The molecule has 0 amide bonds. The van der Waals surface area contributed by atoms with E-state index >= 15 is 0 Å². The minimum Gasteiger partial charge on any atom is -0.726 e. The maximum atomic E-state index is 9.22. The average molecular weight is 273 g/mol. The molecule has 0 atom stereocenters. The summed E-state index contributed by atoms with van der Waals surface area (Å²) in [5.74, 6) is 0.102. The van der Waals surface area contributed by atoms with E-state index < -0.39 is 16.4 Å². The summed E-state index contributed by atoms with van der Waals surface area (Å²) in [6.45, 7) is 5.11. The number of carbonyl (C=O) groups is 1. The summed E-state index contributed by atoms with van der Waals surface area (Å²) in [5.41, 5.74) is 0. The largest absolute Gasteiger partial charge is 0.726 e. The molecule has 0 aromatic carbocycles. The summed E-state index contributed by atoms with van der Waals surface area (Å²) >= 11 is 0. The lowest BCUT2D eigenvalue weighted by Crippen LogP contribution is -2.17. The van der Waals surface area contributed by atoms with Crippen LogP contribution in [0.4, 0.5) is 0 Å². The van der Waals surface area contributed by atoms with Gasteiger partial charge in [0, 0.05) is 0 Å². The Balaban J connectivity index is -0.000000160. The van der Waals surface area contributed by atoms with Gasteiger partial charge in [-0.3, -0.25) is 4.18 Å². The molecule has 16 heavy (non-hydrogen) atoms. The fraction of sp³-hybridized carbons (Fsp3) is 0.625. The standard InChI is InChI=1S/C4H11S.C3H4O2.CH4O4S/c1-4-5(2)3;1-2-3(4)5;1-5-6(2,3)4/h4H2,1-3H3;2H,1H2,(H,4,5);1H3,(H,2,3,4)/q+1;;/p-2. The van der Waals surface area contributed by atoms with Gasteiger partial charge in [-0.25, -0.2) is 8.42 Å². The monoisotopic (exact) mass is 273 g/mol. The van der Waals surface area contributed by atoms with Crippen molar-refractivity contribution in [2.75, 3.05) is 25.4 Å². The van der Waals surface area contributed by atoms with Crippen LogP contribution in [0.1, 0.15) is 6.92 Å². The molecule has 0 spiro atoms. The Hall–Kier alpha value is -0.570. The number of hydrogen-bond donors (Lipinski definition) is 0. The Morgan fingerprint density at radius 3 is 1.69 bits per heavy atom. The predicted octanol–water partition coefficient (Wildman–Crippen LogP) is -1.10. The van der Waals surface area contributed by atoms with Crippen LogP contribution in [0.15, 0.2) is 12.7 Å². The summed E-state index contributed by atoms with van der Waals surface area (Å²) in [6.07, 6.45) is 5.22. The SMILES string of the molecule is C=CC(=O)[O-].CC[S+](C)C.COS(=O)(=O)[O-]. The number of carbonyl (C=O) groups excluding carboxylic acids is 1. The highest BCUT2D eigenvalue weighted by Crippen LogP contribution is 1.76. The zero-order valence-electron chi connectivity index (χ0n) is 9.76. The third-order valence-corrected chi connectivity index (χ3v) is 2.51. The molecule has 0 radical (unpaired) electrons. The molecule has 0 saturated carbocycles. The molecule has 0 aromatic rings. The van der Waals surface area contributed by atoms with Crippen molar-refractivity contribution in [1.82, 2.24) is 0 Å². The van der Waals surface area contributed by atoms with E-state index in [0.717, 1.165) is 13.2 Å². The molecule has 0 fully saturated rings. The molecule has 6 nitrogen and oxygen atoms in total. The van der Waals surface area contributed by atoms with Crippen LogP contribution in [0.25, 0.3) is 0 Å². The first-order valence-corrected chi connectivity index (χ1v) is 7.54. The fourth-order valence-electron chi connectivity index (χ4n) is 0. The van der Waals surface area contributed by atoms with Gasteiger partial charge in [0.2, 0.25) is 10.4 Å². The highest BCUT2D eigenvalue weighted by Gasteiger charge is 1.89. The lowest BCUT2D eigenvalue weighted by molar-refractivity contribution is -0.297. The second-order valence-corrected chi connectivity index (χ2v) is 6.07. The summed E-state index contributed by atoms with van der Waals surface area (Å²) in [6, 6.07) is 0. The van der Waals surface area contributed by atoms with Gasteiger partial charge in [-0.1, -0.05) is 6.58 Å². The van der Waals surface area contributed by atoms with E-state index in [-0.39, 0.29) is 0 Å². The van der Waals surface area contributed by atoms with Crippen molar-refractivity contribution in [3.8, 4) is 0 Å². The van der Waals surface area contributed by atoms with Gasteiger partial charge in [0.1, 0.15) is 5.75 Å². The average Bonchev–Trinajstić information content (AvgIpc) is 2.18. The lowest BCUT2D eigenvalue weighted by Gasteiger charge is -1.98. The van der Waals surface area contributed by atoms with Crippen molar-refractivity contribution >= 4 is 27.3 Å². The van der Waals surface area contributed by atoms with Gasteiger partial charge >= 0.3 is 0 Å². The first kappa shape index (κ1) is 20.8. The minimum atomic E-state index is -4.41. The van der Waals surface area contributed by atoms with Crippen molar-refractivity contribution in [3.63, 3.8) is 0 Å². The Kier molecular flexibility index (Phi) is 16.2. The second kappa shape index (κ2) is 12.5. The maximum absolute atomic E-state index is 9.22. The molecule has 0 saturated heterocycles. The Bertz CT molecular complexity index is 270. The van der Waals surface area contributed by atoms with Gasteiger partial charge in [0.05, 0.1) is 25.6 Å². The molecule has 0 aliphatic carbocycles. The predicted molar refractivity (Wildman–Crippen MR) is 61.7 cm³/mol. The van der Waals surface area contributed by atoms with Crippen molar-refractivity contribution in [2.24, 2.45) is 0 Å². The lowest BCUT2D eigenvalue weighted by atomic mass is 10.7. The van der Waals surface area contributed by atoms with Gasteiger partial charge < -0.3 is 14.5 Å². The van der Waals surface area contributed by atoms with Crippen LogP contribution in [0, 0.1) is 0 Å². The highest BCUT2D eigenvalue weighted by molar-refractivity contribution is 7.95. The maximum Gasteiger partial charge on any atom is 0.217 e. The zero-order valence-corrected chi connectivity index (χ0v) is 11.4. The summed E-state index contributed by atoms with van der Waals surface area (Å²) in [5, 5.41) is 9.14. The van der Waals surface area contributed by atoms with E-state index in [1.54, 1.807) is 0 Å². The number of rotatable bonds is 3. The number of carboxylic acid groups (broad SMARTS) is 1. The van der Waals surface area contributed by atoms with Crippen LogP contribution < -0.4 is 5.11 Å². The van der Waals surface area contributed by atoms with Crippen LogP contribution >= 0.6 is 0 Å². The van der Waals surface area contributed by atoms with Gasteiger partial charge in [-0.2, -0.15) is 0 Å². The second-order valence-electron chi connectivity index (χ2n) is 2.37. The molecular formula is C8H17O6S2-. The Morgan fingerprint density at radius 1 is 1.50 bits per heavy atom. The van der Waals surface area contributed by atoms with E-state index in [1.165, 1.54) is 5.75 Å². The molecule has 0 heterocycles. The van der Waals surface area contributed by atoms with Crippen molar-refractivity contribution in [1.29, 1.82) is 0 Å². The van der Waals surface area contributed by atoms with Gasteiger partial charge in [0.15, 0.2) is 0 Å². The zero-order chi connectivity index (χ0) is 13.8. The van der Waals surface area contributed by atoms with Crippen LogP contribution in [0.5, 0.6) is 0 Å². The van der Waals surface area contributed by atoms with E-state index in [1.807, 2.05) is 0 Å². The van der Waals surface area contributed by atoms with Crippen LogP contribution in [-0.4, -0.2) is 44.3 Å². The minimum absolute atomic E-state index is 0.677. The van der Waals surface area contributed by atoms with Gasteiger partial charge in [0.25, 0.3) is 0 Å². The number of aliphatic carboxylic acids is 1. The third kappa shape index (κ3) is 50.2. The Labute approximate surface area is 99.6 Å². The number of hydrogen-bond acceptors (Lipinski definition) is 6. The van der Waals surface area contributed by atoms with Crippen molar-refractivity contribution < 1.29 is 27.1 Å². The quantitative estimate of drug-likeness (QED) is 0.279. The molecule has 0 aliphatic heterocycles. The first-order valence-electron chi connectivity index (χ1n) is 3.99. The Morgan fingerprint density at radius 2 is 1.69 bits per heavy atom. The summed E-state index contributed by atoms with van der Waals surface area (Å²) < 4.78 is 31.0. The van der Waals surface area contributed by atoms with E-state index in [9.17, 15) is 13.0 Å². The van der Waals surface area contributed by atoms with Gasteiger partial charge in [-0.05, 0) is 23.9 Å². The normalized spacial score (nSPS) is 9.38. The molecule has 0 aromatic heterocycles. The van der Waals surface area contributed by atoms with Crippen molar-refractivity contribution in [2.45, 2.75) is 6.92 Å². The van der Waals surface area contributed by atoms with E-state index in [0.29, 0.717) is 10.9 Å². The molecule has 0 unspecified atom stereocenters. The van der Waals surface area contributed by atoms with Gasteiger partial charge in [-0.15, -0.1) is 0 Å². The third-order valence-electron chi connectivity index (χ3n) is 0.948. The molecule has 0 bridgehead atoms. The van der Waals surface area contributed by atoms with Crippen molar-refractivity contribution in [3.05, 3.63) is 12.7 Å². The fourth-order valence-corrected chi connectivity index (χ4v) is 0. The summed E-state index contributed by atoms with van der Waals surface area (Å²) in [7, 11) is -2.93. The summed E-state index contributed by atoms with van der Waals surface area (Å²) in [4.78, 5) is 9.14. The molecule has 0 rings (SSSR count).